The molecular weight excluding hydrogens is 230 g/mol. The van der Waals surface area contributed by atoms with Crippen molar-refractivity contribution in [2.75, 3.05) is 6.54 Å². The van der Waals surface area contributed by atoms with Crippen molar-refractivity contribution < 1.29 is 0 Å². The molecule has 0 spiro atoms. The SMILES string of the molecule is N[C@@H](CNCc1cscn1)Cc1ccccc1. The highest BCUT2D eigenvalue weighted by molar-refractivity contribution is 7.07. The van der Waals surface area contributed by atoms with E-state index in [1.54, 1.807) is 11.3 Å². The van der Waals surface area contributed by atoms with Crippen molar-refractivity contribution >= 4 is 11.3 Å². The summed E-state index contributed by atoms with van der Waals surface area (Å²) in [5.41, 5.74) is 10.3. The van der Waals surface area contributed by atoms with E-state index in [4.69, 9.17) is 5.73 Å². The van der Waals surface area contributed by atoms with Gasteiger partial charge in [0.25, 0.3) is 0 Å². The molecule has 0 saturated heterocycles. The topological polar surface area (TPSA) is 50.9 Å². The smallest absolute Gasteiger partial charge is 0.0795 e. The molecule has 0 bridgehead atoms. The predicted octanol–water partition coefficient (Wildman–Crippen LogP) is 1.80. The number of aromatic nitrogens is 1. The van der Waals surface area contributed by atoms with Crippen LogP contribution >= 0.6 is 11.3 Å². The van der Waals surface area contributed by atoms with Crippen LogP contribution in [0, 0.1) is 0 Å². The van der Waals surface area contributed by atoms with E-state index >= 15 is 0 Å². The molecule has 0 unspecified atom stereocenters. The first-order valence-electron chi connectivity index (χ1n) is 5.72. The second-order valence-electron chi connectivity index (χ2n) is 4.06. The first-order valence-corrected chi connectivity index (χ1v) is 6.66. The van der Waals surface area contributed by atoms with Gasteiger partial charge in [-0.3, -0.25) is 0 Å². The van der Waals surface area contributed by atoms with Gasteiger partial charge in [0.2, 0.25) is 0 Å². The van der Waals surface area contributed by atoms with E-state index in [0.29, 0.717) is 0 Å². The molecule has 0 aliphatic carbocycles. The molecule has 17 heavy (non-hydrogen) atoms. The Hall–Kier alpha value is -1.23. The fourth-order valence-electron chi connectivity index (χ4n) is 1.70. The molecule has 0 radical (unpaired) electrons. The molecule has 0 amide bonds. The number of hydrogen-bond donors (Lipinski definition) is 2. The summed E-state index contributed by atoms with van der Waals surface area (Å²) in [6.07, 6.45) is 0.908. The maximum atomic E-state index is 6.06. The van der Waals surface area contributed by atoms with Crippen molar-refractivity contribution in [1.29, 1.82) is 0 Å². The predicted molar refractivity (Wildman–Crippen MR) is 71.9 cm³/mol. The molecule has 0 saturated carbocycles. The van der Waals surface area contributed by atoms with Crippen LogP contribution in [0.4, 0.5) is 0 Å². The summed E-state index contributed by atoms with van der Waals surface area (Å²) in [6.45, 7) is 1.61. The zero-order valence-corrected chi connectivity index (χ0v) is 10.5. The van der Waals surface area contributed by atoms with Crippen LogP contribution in [0.2, 0.25) is 0 Å². The summed E-state index contributed by atoms with van der Waals surface area (Å²) >= 11 is 1.62. The molecule has 0 fully saturated rings. The van der Waals surface area contributed by atoms with Crippen LogP contribution < -0.4 is 11.1 Å². The molecule has 1 heterocycles. The van der Waals surface area contributed by atoms with Crippen molar-refractivity contribution in [1.82, 2.24) is 10.3 Å². The molecule has 3 N–H and O–H groups in total. The first kappa shape index (κ1) is 12.2. The molecule has 2 aromatic rings. The lowest BCUT2D eigenvalue weighted by Crippen LogP contribution is -2.35. The van der Waals surface area contributed by atoms with E-state index in [-0.39, 0.29) is 6.04 Å². The van der Waals surface area contributed by atoms with E-state index in [9.17, 15) is 0 Å². The molecule has 1 aromatic heterocycles. The molecule has 0 aliphatic heterocycles. The number of nitrogens with two attached hydrogens (primary N) is 1. The molecule has 4 heteroatoms. The molecule has 1 atom stereocenters. The Kier molecular flexibility index (Phi) is 4.67. The van der Waals surface area contributed by atoms with E-state index < -0.39 is 0 Å². The number of nitrogens with zero attached hydrogens (tertiary/aromatic N) is 1. The largest absolute Gasteiger partial charge is 0.326 e. The van der Waals surface area contributed by atoms with Crippen LogP contribution in [0.25, 0.3) is 0 Å². The fourth-order valence-corrected chi connectivity index (χ4v) is 2.26. The molecular formula is C13H17N3S. The van der Waals surface area contributed by atoms with Crippen molar-refractivity contribution in [3.05, 3.63) is 52.5 Å². The van der Waals surface area contributed by atoms with Gasteiger partial charge in [0.05, 0.1) is 11.2 Å². The third-order valence-corrected chi connectivity index (χ3v) is 3.17. The van der Waals surface area contributed by atoms with Crippen LogP contribution in [0.5, 0.6) is 0 Å². The minimum Gasteiger partial charge on any atom is -0.326 e. The Morgan fingerprint density at radius 2 is 2.12 bits per heavy atom. The third-order valence-electron chi connectivity index (χ3n) is 2.54. The fraction of sp³-hybridized carbons (Fsp3) is 0.308. The highest BCUT2D eigenvalue weighted by Crippen LogP contribution is 2.02. The Bertz CT molecular complexity index is 413. The number of hydrogen-bond acceptors (Lipinski definition) is 4. The van der Waals surface area contributed by atoms with Gasteiger partial charge in [-0.05, 0) is 12.0 Å². The van der Waals surface area contributed by atoms with E-state index in [0.717, 1.165) is 25.2 Å². The van der Waals surface area contributed by atoms with Gasteiger partial charge in [-0.2, -0.15) is 0 Å². The van der Waals surface area contributed by atoms with Crippen LogP contribution in [-0.2, 0) is 13.0 Å². The Morgan fingerprint density at radius 1 is 1.29 bits per heavy atom. The van der Waals surface area contributed by atoms with Gasteiger partial charge in [-0.15, -0.1) is 11.3 Å². The molecule has 2 rings (SSSR count). The Balaban J connectivity index is 1.69. The second kappa shape index (κ2) is 6.49. The minimum atomic E-state index is 0.149. The third kappa shape index (κ3) is 4.26. The molecule has 90 valence electrons. The maximum Gasteiger partial charge on any atom is 0.0795 e. The summed E-state index contributed by atoms with van der Waals surface area (Å²) in [5, 5.41) is 5.38. The lowest BCUT2D eigenvalue weighted by Gasteiger charge is -2.12. The lowest BCUT2D eigenvalue weighted by atomic mass is 10.1. The number of thiazole rings is 1. The minimum absolute atomic E-state index is 0.149. The van der Waals surface area contributed by atoms with Crippen molar-refractivity contribution in [2.45, 2.75) is 19.0 Å². The highest BCUT2D eigenvalue weighted by atomic mass is 32.1. The Morgan fingerprint density at radius 3 is 2.82 bits per heavy atom. The van der Waals surface area contributed by atoms with Gasteiger partial charge in [-0.25, -0.2) is 4.98 Å². The van der Waals surface area contributed by atoms with Gasteiger partial charge in [0.15, 0.2) is 0 Å². The van der Waals surface area contributed by atoms with Gasteiger partial charge < -0.3 is 11.1 Å². The summed E-state index contributed by atoms with van der Waals surface area (Å²) in [4.78, 5) is 4.21. The Labute approximate surface area is 106 Å². The maximum absolute atomic E-state index is 6.06. The summed E-state index contributed by atoms with van der Waals surface area (Å²) in [5.74, 6) is 0. The average molecular weight is 247 g/mol. The zero-order valence-electron chi connectivity index (χ0n) is 9.67. The van der Waals surface area contributed by atoms with Crippen molar-refractivity contribution in [3.8, 4) is 0 Å². The van der Waals surface area contributed by atoms with E-state index in [2.05, 4.69) is 27.8 Å². The van der Waals surface area contributed by atoms with Crippen molar-refractivity contribution in [3.63, 3.8) is 0 Å². The highest BCUT2D eigenvalue weighted by Gasteiger charge is 2.03. The summed E-state index contributed by atoms with van der Waals surface area (Å²) in [7, 11) is 0. The van der Waals surface area contributed by atoms with E-state index in [1.165, 1.54) is 5.56 Å². The van der Waals surface area contributed by atoms with Gasteiger partial charge >= 0.3 is 0 Å². The van der Waals surface area contributed by atoms with Gasteiger partial charge in [0, 0.05) is 24.5 Å². The number of nitrogens with one attached hydrogen (secondary N) is 1. The number of benzene rings is 1. The van der Waals surface area contributed by atoms with Crippen LogP contribution in [0.15, 0.2) is 41.2 Å². The zero-order chi connectivity index (χ0) is 11.9. The molecule has 1 aromatic carbocycles. The molecule has 3 nitrogen and oxygen atoms in total. The quantitative estimate of drug-likeness (QED) is 0.818. The van der Waals surface area contributed by atoms with E-state index in [1.807, 2.05) is 23.7 Å². The first-order chi connectivity index (χ1) is 8.34. The van der Waals surface area contributed by atoms with Crippen LogP contribution in [0.1, 0.15) is 11.3 Å². The van der Waals surface area contributed by atoms with Crippen LogP contribution in [-0.4, -0.2) is 17.6 Å². The summed E-state index contributed by atoms with van der Waals surface area (Å²) < 4.78 is 0. The monoisotopic (exact) mass is 247 g/mol. The lowest BCUT2D eigenvalue weighted by molar-refractivity contribution is 0.569. The second-order valence-corrected chi connectivity index (χ2v) is 4.78. The molecule has 0 aliphatic rings. The number of rotatable bonds is 6. The van der Waals surface area contributed by atoms with Crippen molar-refractivity contribution in [2.24, 2.45) is 5.73 Å². The normalized spacial score (nSPS) is 12.5. The van der Waals surface area contributed by atoms with Gasteiger partial charge in [-0.1, -0.05) is 30.3 Å². The summed E-state index contributed by atoms with van der Waals surface area (Å²) in [6, 6.07) is 10.5. The van der Waals surface area contributed by atoms with Gasteiger partial charge in [0.1, 0.15) is 0 Å². The van der Waals surface area contributed by atoms with Crippen LogP contribution in [0.3, 0.4) is 0 Å². The average Bonchev–Trinajstić information content (AvgIpc) is 2.83. The standard InChI is InChI=1S/C13H17N3S/c14-12(6-11-4-2-1-3-5-11)7-15-8-13-9-17-10-16-13/h1-5,9-10,12,15H,6-8,14H2/t12-/m1/s1.